The van der Waals surface area contributed by atoms with Crippen molar-refractivity contribution >= 4 is 17.8 Å². The van der Waals surface area contributed by atoms with Gasteiger partial charge in [-0.25, -0.2) is 4.39 Å². The van der Waals surface area contributed by atoms with Crippen molar-refractivity contribution < 1.29 is 23.5 Å². The molecule has 0 aliphatic heterocycles. The quantitative estimate of drug-likeness (QED) is 0.733. The minimum Gasteiger partial charge on any atom is -0.451 e. The molecular weight excluding hydrogens is 375 g/mol. The number of rotatable bonds is 6. The van der Waals surface area contributed by atoms with E-state index in [2.05, 4.69) is 16.7 Å². The molecule has 1 aliphatic carbocycles. The highest BCUT2D eigenvalue weighted by atomic mass is 19.1. The van der Waals surface area contributed by atoms with E-state index in [1.807, 2.05) is 18.2 Å². The third kappa shape index (κ3) is 5.19. The van der Waals surface area contributed by atoms with E-state index < -0.39 is 36.2 Å². The average molecular weight is 398 g/mol. The Morgan fingerprint density at radius 2 is 1.86 bits per heavy atom. The molecule has 0 heterocycles. The van der Waals surface area contributed by atoms with Gasteiger partial charge in [-0.05, 0) is 49.4 Å². The van der Waals surface area contributed by atoms with E-state index in [1.165, 1.54) is 30.7 Å². The van der Waals surface area contributed by atoms with Gasteiger partial charge in [0.15, 0.2) is 6.10 Å². The predicted molar refractivity (Wildman–Crippen MR) is 105 cm³/mol. The van der Waals surface area contributed by atoms with Crippen molar-refractivity contribution in [3.63, 3.8) is 0 Å². The summed E-state index contributed by atoms with van der Waals surface area (Å²) in [6.07, 6.45) is 1.76. The van der Waals surface area contributed by atoms with E-state index in [0.717, 1.165) is 30.9 Å². The minimum atomic E-state index is -1.01. The van der Waals surface area contributed by atoms with Crippen LogP contribution >= 0.6 is 0 Å². The largest absolute Gasteiger partial charge is 0.451 e. The number of esters is 1. The molecule has 0 spiro atoms. The molecule has 152 valence electrons. The van der Waals surface area contributed by atoms with E-state index >= 15 is 0 Å². The smallest absolute Gasteiger partial charge is 0.326 e. The lowest BCUT2D eigenvalue weighted by atomic mass is 9.87. The van der Waals surface area contributed by atoms with Crippen LogP contribution in [0.25, 0.3) is 0 Å². The maximum absolute atomic E-state index is 13.6. The summed E-state index contributed by atoms with van der Waals surface area (Å²) in [6.45, 7) is 1.01. The van der Waals surface area contributed by atoms with Gasteiger partial charge < -0.3 is 15.4 Å². The number of nitrogens with one attached hydrogen (secondary N) is 2. The zero-order valence-corrected chi connectivity index (χ0v) is 16.1. The van der Waals surface area contributed by atoms with E-state index in [0.29, 0.717) is 0 Å². The van der Waals surface area contributed by atoms with Gasteiger partial charge in [-0.15, -0.1) is 0 Å². The van der Waals surface area contributed by atoms with Crippen molar-refractivity contribution in [2.45, 2.75) is 38.3 Å². The topological polar surface area (TPSA) is 84.5 Å². The molecule has 1 aliphatic rings. The molecule has 2 N–H and O–H groups in total. The number of hydrogen-bond donors (Lipinski definition) is 2. The summed E-state index contributed by atoms with van der Waals surface area (Å²) in [5.41, 5.74) is 2.13. The van der Waals surface area contributed by atoms with Crippen LogP contribution in [0.15, 0.2) is 48.5 Å². The molecule has 0 saturated heterocycles. The van der Waals surface area contributed by atoms with Crippen LogP contribution in [-0.4, -0.2) is 30.4 Å². The Morgan fingerprint density at radius 1 is 1.14 bits per heavy atom. The summed E-state index contributed by atoms with van der Waals surface area (Å²) in [5.74, 6) is -2.59. The number of benzene rings is 2. The highest BCUT2D eigenvalue weighted by Crippen LogP contribution is 2.29. The van der Waals surface area contributed by atoms with Crippen molar-refractivity contribution in [1.29, 1.82) is 0 Å². The summed E-state index contributed by atoms with van der Waals surface area (Å²) < 4.78 is 18.7. The Bertz CT molecular complexity index is 915. The van der Waals surface area contributed by atoms with Gasteiger partial charge in [-0.2, -0.15) is 0 Å². The highest BCUT2D eigenvalue weighted by Gasteiger charge is 2.25. The molecule has 2 atom stereocenters. The fourth-order valence-electron chi connectivity index (χ4n) is 3.38. The Hall–Kier alpha value is -3.22. The molecule has 2 aromatic carbocycles. The second-order valence-corrected chi connectivity index (χ2v) is 6.95. The molecule has 0 fully saturated rings. The van der Waals surface area contributed by atoms with Crippen LogP contribution in [-0.2, 0) is 20.7 Å². The average Bonchev–Trinajstić information content (AvgIpc) is 2.72. The monoisotopic (exact) mass is 398 g/mol. The maximum Gasteiger partial charge on any atom is 0.326 e. The van der Waals surface area contributed by atoms with E-state index in [4.69, 9.17) is 4.74 Å². The predicted octanol–water partition coefficient (Wildman–Crippen LogP) is 2.68. The van der Waals surface area contributed by atoms with Gasteiger partial charge in [-0.3, -0.25) is 14.4 Å². The van der Waals surface area contributed by atoms with Crippen LogP contribution < -0.4 is 10.6 Å². The van der Waals surface area contributed by atoms with Gasteiger partial charge in [-0.1, -0.05) is 36.4 Å². The minimum absolute atomic E-state index is 0.116. The first-order valence-electron chi connectivity index (χ1n) is 9.56. The summed E-state index contributed by atoms with van der Waals surface area (Å²) >= 11 is 0. The van der Waals surface area contributed by atoms with Gasteiger partial charge >= 0.3 is 5.97 Å². The molecule has 29 heavy (non-hydrogen) atoms. The van der Waals surface area contributed by atoms with E-state index in [1.54, 1.807) is 0 Å². The van der Waals surface area contributed by atoms with Crippen LogP contribution in [0.5, 0.6) is 0 Å². The number of carbonyl (C=O) groups excluding carboxylic acids is 3. The number of aryl methyl sites for hydroxylation is 1. The van der Waals surface area contributed by atoms with E-state index in [-0.39, 0.29) is 11.6 Å². The molecule has 0 saturated carbocycles. The van der Waals surface area contributed by atoms with Gasteiger partial charge in [0.2, 0.25) is 0 Å². The summed E-state index contributed by atoms with van der Waals surface area (Å²) in [7, 11) is 0. The Balaban J connectivity index is 1.49. The van der Waals surface area contributed by atoms with Crippen LogP contribution in [0.2, 0.25) is 0 Å². The highest BCUT2D eigenvalue weighted by molar-refractivity contribution is 5.96. The van der Waals surface area contributed by atoms with Crippen LogP contribution in [0.3, 0.4) is 0 Å². The molecule has 6 nitrogen and oxygen atoms in total. The third-order valence-electron chi connectivity index (χ3n) is 4.88. The number of fused-ring (bicyclic) bond motifs is 1. The first-order chi connectivity index (χ1) is 14.0. The van der Waals surface area contributed by atoms with Crippen LogP contribution in [0, 0.1) is 5.82 Å². The Labute approximate surface area is 168 Å². The Kier molecular flexibility index (Phi) is 6.59. The molecule has 0 bridgehead atoms. The molecule has 3 rings (SSSR count). The zero-order chi connectivity index (χ0) is 20.8. The summed E-state index contributed by atoms with van der Waals surface area (Å²) in [4.78, 5) is 36.3. The second-order valence-electron chi connectivity index (χ2n) is 6.95. The number of ether oxygens (including phenoxy) is 1. The summed E-state index contributed by atoms with van der Waals surface area (Å²) in [5, 5.41) is 5.22. The molecule has 0 radical (unpaired) electrons. The summed E-state index contributed by atoms with van der Waals surface area (Å²) in [6, 6.07) is 13.3. The molecule has 0 aromatic heterocycles. The number of hydrogen-bond acceptors (Lipinski definition) is 4. The molecule has 0 unspecified atom stereocenters. The SMILES string of the molecule is C[C@H](OC(=O)CNC(=O)c1ccccc1F)C(=O)N[C@H]1CCCc2ccccc21. The van der Waals surface area contributed by atoms with Crippen molar-refractivity contribution in [3.8, 4) is 0 Å². The molecule has 7 heteroatoms. The maximum atomic E-state index is 13.6. The van der Waals surface area contributed by atoms with Gasteiger partial charge in [0.1, 0.15) is 12.4 Å². The lowest BCUT2D eigenvalue weighted by Crippen LogP contribution is -2.41. The van der Waals surface area contributed by atoms with Gasteiger partial charge in [0.05, 0.1) is 11.6 Å². The fraction of sp³-hybridized carbons (Fsp3) is 0.318. The molecule has 2 amide bonds. The molecular formula is C22H23FN2O4. The molecule has 2 aromatic rings. The van der Waals surface area contributed by atoms with Crippen molar-refractivity contribution in [1.82, 2.24) is 10.6 Å². The van der Waals surface area contributed by atoms with Crippen LogP contribution in [0.4, 0.5) is 4.39 Å². The fourth-order valence-corrected chi connectivity index (χ4v) is 3.38. The van der Waals surface area contributed by atoms with Crippen molar-refractivity contribution in [3.05, 3.63) is 71.0 Å². The first-order valence-corrected chi connectivity index (χ1v) is 9.56. The lowest BCUT2D eigenvalue weighted by molar-refractivity contribution is -0.154. The first kappa shape index (κ1) is 20.5. The second kappa shape index (κ2) is 9.32. The zero-order valence-electron chi connectivity index (χ0n) is 16.1. The van der Waals surface area contributed by atoms with Gasteiger partial charge in [0.25, 0.3) is 11.8 Å². The number of halogens is 1. The lowest BCUT2D eigenvalue weighted by Gasteiger charge is -2.27. The number of carbonyl (C=O) groups is 3. The van der Waals surface area contributed by atoms with Crippen molar-refractivity contribution in [2.75, 3.05) is 6.54 Å². The van der Waals surface area contributed by atoms with Gasteiger partial charge in [0, 0.05) is 0 Å². The Morgan fingerprint density at radius 3 is 2.66 bits per heavy atom. The van der Waals surface area contributed by atoms with E-state index in [9.17, 15) is 18.8 Å². The number of amides is 2. The van der Waals surface area contributed by atoms with Crippen LogP contribution in [0.1, 0.15) is 47.3 Å². The van der Waals surface area contributed by atoms with Crippen molar-refractivity contribution in [2.24, 2.45) is 0 Å². The normalized spacial score (nSPS) is 16.3. The standard InChI is InChI=1S/C22H23FN2O4/c1-14(21(27)25-19-12-6-8-15-7-2-3-9-16(15)19)29-20(26)13-24-22(28)17-10-4-5-11-18(17)23/h2-5,7,9-11,14,19H,6,8,12-13H2,1H3,(H,24,28)(H,25,27)/t14-,19-/m0/s1. The third-order valence-corrected chi connectivity index (χ3v) is 4.88.